The van der Waals surface area contributed by atoms with E-state index < -0.39 is 0 Å². The molecule has 0 aliphatic heterocycles. The Bertz CT molecular complexity index is 202. The number of hydrogen-bond donors (Lipinski definition) is 0. The highest BCUT2D eigenvalue weighted by Crippen LogP contribution is 2.40. The Morgan fingerprint density at radius 3 is 2.31 bits per heavy atom. The second-order valence-electron chi connectivity index (χ2n) is 7.19. The van der Waals surface area contributed by atoms with Gasteiger partial charge >= 0.3 is 0 Å². The molecule has 1 rings (SSSR count). The van der Waals surface area contributed by atoms with Crippen LogP contribution >= 0.6 is 11.6 Å². The molecule has 0 spiro atoms. The zero-order valence-electron chi connectivity index (χ0n) is 11.7. The molecule has 3 atom stereocenters. The third-order valence-corrected chi connectivity index (χ3v) is 4.71. The predicted molar refractivity (Wildman–Crippen MR) is 74.0 cm³/mol. The standard InChI is InChI=1S/C15H29Cl/c1-11(2)12-6-7-14(16)13(10-12)8-9-15(3,4)5/h11-14H,6-10H2,1-5H3. The van der Waals surface area contributed by atoms with Crippen LogP contribution in [0, 0.1) is 23.2 Å². The van der Waals surface area contributed by atoms with Crippen LogP contribution in [0.4, 0.5) is 0 Å². The topological polar surface area (TPSA) is 0 Å². The first-order valence-corrected chi connectivity index (χ1v) is 7.37. The minimum Gasteiger partial charge on any atom is -0.123 e. The monoisotopic (exact) mass is 244 g/mol. The van der Waals surface area contributed by atoms with Gasteiger partial charge in [-0.1, -0.05) is 34.6 Å². The molecule has 0 aromatic heterocycles. The van der Waals surface area contributed by atoms with Gasteiger partial charge in [-0.3, -0.25) is 0 Å². The van der Waals surface area contributed by atoms with Crippen LogP contribution in [0.25, 0.3) is 0 Å². The van der Waals surface area contributed by atoms with Gasteiger partial charge in [0.25, 0.3) is 0 Å². The van der Waals surface area contributed by atoms with Crippen molar-refractivity contribution in [2.75, 3.05) is 0 Å². The van der Waals surface area contributed by atoms with Crippen LogP contribution in [-0.2, 0) is 0 Å². The minimum absolute atomic E-state index is 0.442. The summed E-state index contributed by atoms with van der Waals surface area (Å²) < 4.78 is 0. The van der Waals surface area contributed by atoms with E-state index in [1.54, 1.807) is 0 Å². The lowest BCUT2D eigenvalue weighted by Gasteiger charge is -2.36. The maximum atomic E-state index is 6.48. The van der Waals surface area contributed by atoms with E-state index in [-0.39, 0.29) is 0 Å². The molecule has 0 aromatic rings. The lowest BCUT2D eigenvalue weighted by molar-refractivity contribution is 0.193. The molecule has 0 aromatic carbocycles. The fourth-order valence-corrected chi connectivity index (χ4v) is 3.14. The fourth-order valence-electron chi connectivity index (χ4n) is 2.79. The van der Waals surface area contributed by atoms with E-state index in [0.29, 0.717) is 10.8 Å². The van der Waals surface area contributed by atoms with Gasteiger partial charge in [0.15, 0.2) is 0 Å². The van der Waals surface area contributed by atoms with Gasteiger partial charge < -0.3 is 0 Å². The highest BCUT2D eigenvalue weighted by atomic mass is 35.5. The van der Waals surface area contributed by atoms with Crippen LogP contribution < -0.4 is 0 Å². The molecule has 0 amide bonds. The van der Waals surface area contributed by atoms with E-state index in [9.17, 15) is 0 Å². The van der Waals surface area contributed by atoms with Gasteiger partial charge in [0.1, 0.15) is 0 Å². The zero-order valence-corrected chi connectivity index (χ0v) is 12.5. The van der Waals surface area contributed by atoms with Crippen molar-refractivity contribution in [1.82, 2.24) is 0 Å². The molecule has 96 valence electrons. The highest BCUT2D eigenvalue weighted by molar-refractivity contribution is 6.20. The first-order valence-electron chi connectivity index (χ1n) is 6.93. The van der Waals surface area contributed by atoms with Gasteiger partial charge in [-0.2, -0.15) is 0 Å². The molecule has 16 heavy (non-hydrogen) atoms. The first kappa shape index (κ1) is 14.4. The molecular weight excluding hydrogens is 216 g/mol. The highest BCUT2D eigenvalue weighted by Gasteiger charge is 2.31. The van der Waals surface area contributed by atoms with Gasteiger partial charge in [0.05, 0.1) is 0 Å². The maximum absolute atomic E-state index is 6.48. The molecule has 0 nitrogen and oxygen atoms in total. The molecule has 0 radical (unpaired) electrons. The Labute approximate surface area is 107 Å². The summed E-state index contributed by atoms with van der Waals surface area (Å²) in [6.45, 7) is 11.7. The van der Waals surface area contributed by atoms with Crippen molar-refractivity contribution >= 4 is 11.6 Å². The lowest BCUT2D eigenvalue weighted by atomic mass is 9.73. The fraction of sp³-hybridized carbons (Fsp3) is 1.00. The summed E-state index contributed by atoms with van der Waals surface area (Å²) in [5, 5.41) is 0.442. The molecule has 1 aliphatic carbocycles. The van der Waals surface area contributed by atoms with Crippen molar-refractivity contribution in [1.29, 1.82) is 0 Å². The second-order valence-corrected chi connectivity index (χ2v) is 7.75. The lowest BCUT2D eigenvalue weighted by Crippen LogP contribution is -2.28. The first-order chi connectivity index (χ1) is 7.29. The Morgan fingerprint density at radius 2 is 1.81 bits per heavy atom. The molecule has 0 heterocycles. The predicted octanol–water partition coefficient (Wildman–Crippen LogP) is 5.49. The minimum atomic E-state index is 0.442. The van der Waals surface area contributed by atoms with Crippen molar-refractivity contribution in [3.63, 3.8) is 0 Å². The SMILES string of the molecule is CC(C)C1CCC(Cl)C(CCC(C)(C)C)C1. The molecule has 1 heteroatoms. The van der Waals surface area contributed by atoms with Crippen LogP contribution in [-0.4, -0.2) is 5.38 Å². The molecular formula is C15H29Cl. The molecule has 0 bridgehead atoms. The van der Waals surface area contributed by atoms with E-state index in [2.05, 4.69) is 34.6 Å². The largest absolute Gasteiger partial charge is 0.123 e. The average Bonchev–Trinajstić information content (AvgIpc) is 2.14. The van der Waals surface area contributed by atoms with Gasteiger partial charge in [-0.25, -0.2) is 0 Å². The Balaban J connectivity index is 2.44. The smallest absolute Gasteiger partial charge is 0.0364 e. The van der Waals surface area contributed by atoms with Crippen LogP contribution in [0.2, 0.25) is 0 Å². The van der Waals surface area contributed by atoms with E-state index in [0.717, 1.165) is 17.8 Å². The summed E-state index contributed by atoms with van der Waals surface area (Å²) in [6.07, 6.45) is 6.57. The normalized spacial score (nSPS) is 32.1. The third-order valence-electron chi connectivity index (χ3n) is 4.14. The summed E-state index contributed by atoms with van der Waals surface area (Å²) in [5.74, 6) is 2.52. The summed E-state index contributed by atoms with van der Waals surface area (Å²) in [5.41, 5.74) is 0.460. The van der Waals surface area contributed by atoms with Crippen molar-refractivity contribution in [2.24, 2.45) is 23.2 Å². The van der Waals surface area contributed by atoms with Gasteiger partial charge in [-0.15, -0.1) is 11.6 Å². The zero-order chi connectivity index (χ0) is 12.3. The van der Waals surface area contributed by atoms with Gasteiger partial charge in [-0.05, 0) is 55.3 Å². The van der Waals surface area contributed by atoms with Crippen LogP contribution in [0.15, 0.2) is 0 Å². The van der Waals surface area contributed by atoms with E-state index in [1.807, 2.05) is 0 Å². The van der Waals surface area contributed by atoms with Gasteiger partial charge in [0, 0.05) is 5.38 Å². The Morgan fingerprint density at radius 1 is 1.19 bits per heavy atom. The van der Waals surface area contributed by atoms with Crippen LogP contribution in [0.3, 0.4) is 0 Å². The quantitative estimate of drug-likeness (QED) is 0.576. The van der Waals surface area contributed by atoms with Crippen molar-refractivity contribution in [3.8, 4) is 0 Å². The number of alkyl halides is 1. The second kappa shape index (κ2) is 5.76. The van der Waals surface area contributed by atoms with Gasteiger partial charge in [0.2, 0.25) is 0 Å². The maximum Gasteiger partial charge on any atom is 0.0364 e. The number of hydrogen-bond acceptors (Lipinski definition) is 0. The molecule has 1 aliphatic rings. The third kappa shape index (κ3) is 4.65. The molecule has 1 saturated carbocycles. The van der Waals surface area contributed by atoms with Crippen molar-refractivity contribution in [2.45, 2.75) is 72.1 Å². The van der Waals surface area contributed by atoms with Crippen LogP contribution in [0.1, 0.15) is 66.7 Å². The summed E-state index contributed by atoms with van der Waals surface area (Å²) in [7, 11) is 0. The molecule has 3 unspecified atom stereocenters. The van der Waals surface area contributed by atoms with Crippen molar-refractivity contribution < 1.29 is 0 Å². The summed E-state index contributed by atoms with van der Waals surface area (Å²) in [4.78, 5) is 0. The summed E-state index contributed by atoms with van der Waals surface area (Å²) >= 11 is 6.48. The number of rotatable bonds is 3. The Hall–Kier alpha value is 0.290. The van der Waals surface area contributed by atoms with Crippen molar-refractivity contribution in [3.05, 3.63) is 0 Å². The molecule has 0 N–H and O–H groups in total. The average molecular weight is 245 g/mol. The van der Waals surface area contributed by atoms with E-state index in [4.69, 9.17) is 11.6 Å². The van der Waals surface area contributed by atoms with E-state index in [1.165, 1.54) is 32.1 Å². The Kier molecular flexibility index (Phi) is 5.16. The number of halogens is 1. The van der Waals surface area contributed by atoms with E-state index >= 15 is 0 Å². The molecule has 1 fully saturated rings. The van der Waals surface area contributed by atoms with Crippen LogP contribution in [0.5, 0.6) is 0 Å². The molecule has 0 saturated heterocycles. The summed E-state index contributed by atoms with van der Waals surface area (Å²) in [6, 6.07) is 0.